The van der Waals surface area contributed by atoms with Crippen molar-refractivity contribution in [2.24, 2.45) is 0 Å². The Kier molecular flexibility index (Phi) is 4.78. The van der Waals surface area contributed by atoms with Gasteiger partial charge in [0.05, 0.1) is 0 Å². The predicted molar refractivity (Wildman–Crippen MR) is 50.5 cm³/mol. The summed E-state index contributed by atoms with van der Waals surface area (Å²) in [5.74, 6) is -0.0180. The molecule has 1 saturated heterocycles. The molecule has 1 atom stereocenters. The molecular weight excluding hydrogens is 168 g/mol. The average molecular weight is 186 g/mol. The zero-order chi connectivity index (χ0) is 9.52. The fraction of sp³-hybridized carbons (Fsp3) is 0.889. The maximum absolute atomic E-state index is 11.1. The number of carbonyl (C=O) groups excluding carboxylic acids is 1. The van der Waals surface area contributed by atoms with Crippen LogP contribution in [0.25, 0.3) is 0 Å². The normalized spacial score (nSPS) is 21.8. The number of hydrogen-bond donors (Lipinski definition) is 2. The van der Waals surface area contributed by atoms with E-state index in [1.807, 2.05) is 6.92 Å². The van der Waals surface area contributed by atoms with Crippen molar-refractivity contribution in [3.63, 3.8) is 0 Å². The summed E-state index contributed by atoms with van der Waals surface area (Å²) in [5.41, 5.74) is 0. The van der Waals surface area contributed by atoms with Gasteiger partial charge in [-0.1, -0.05) is 0 Å². The topological polar surface area (TPSA) is 50.4 Å². The molecule has 0 radical (unpaired) electrons. The fourth-order valence-corrected chi connectivity index (χ4v) is 1.41. The first-order valence-corrected chi connectivity index (χ1v) is 4.90. The van der Waals surface area contributed by atoms with E-state index in [1.165, 1.54) is 6.42 Å². The van der Waals surface area contributed by atoms with Crippen molar-refractivity contribution in [1.29, 1.82) is 0 Å². The third kappa shape index (κ3) is 4.24. The predicted octanol–water partition coefficient (Wildman–Crippen LogP) is -0.109. The SMILES string of the molecule is CCOCC(=O)NCC1CCCN1. The Morgan fingerprint density at radius 3 is 3.15 bits per heavy atom. The Hall–Kier alpha value is -0.610. The molecule has 1 amide bonds. The molecule has 1 aliphatic heterocycles. The van der Waals surface area contributed by atoms with Crippen molar-refractivity contribution >= 4 is 5.91 Å². The molecule has 13 heavy (non-hydrogen) atoms. The first kappa shape index (κ1) is 10.5. The molecule has 1 rings (SSSR count). The second-order valence-electron chi connectivity index (χ2n) is 3.23. The van der Waals surface area contributed by atoms with Crippen LogP contribution in [0, 0.1) is 0 Å². The highest BCUT2D eigenvalue weighted by molar-refractivity contribution is 5.77. The summed E-state index contributed by atoms with van der Waals surface area (Å²) in [7, 11) is 0. The third-order valence-corrected chi connectivity index (χ3v) is 2.15. The van der Waals surface area contributed by atoms with Crippen molar-refractivity contribution in [1.82, 2.24) is 10.6 Å². The van der Waals surface area contributed by atoms with Crippen LogP contribution in [0.3, 0.4) is 0 Å². The Bertz CT molecular complexity index is 156. The fourth-order valence-electron chi connectivity index (χ4n) is 1.41. The first-order valence-electron chi connectivity index (χ1n) is 4.90. The highest BCUT2D eigenvalue weighted by Crippen LogP contribution is 2.02. The van der Waals surface area contributed by atoms with Crippen LogP contribution in [-0.2, 0) is 9.53 Å². The number of ether oxygens (including phenoxy) is 1. The quantitative estimate of drug-likeness (QED) is 0.630. The molecule has 0 saturated carbocycles. The first-order chi connectivity index (χ1) is 6.33. The van der Waals surface area contributed by atoms with Crippen molar-refractivity contribution in [3.8, 4) is 0 Å². The second kappa shape index (κ2) is 5.94. The van der Waals surface area contributed by atoms with E-state index >= 15 is 0 Å². The molecule has 1 heterocycles. The van der Waals surface area contributed by atoms with Crippen LogP contribution >= 0.6 is 0 Å². The van der Waals surface area contributed by atoms with Gasteiger partial charge >= 0.3 is 0 Å². The number of carbonyl (C=O) groups is 1. The Morgan fingerprint density at radius 2 is 2.54 bits per heavy atom. The monoisotopic (exact) mass is 186 g/mol. The summed E-state index contributed by atoms with van der Waals surface area (Å²) in [4.78, 5) is 11.1. The lowest BCUT2D eigenvalue weighted by atomic mass is 10.2. The molecule has 0 aliphatic carbocycles. The van der Waals surface area contributed by atoms with Crippen LogP contribution < -0.4 is 10.6 Å². The maximum Gasteiger partial charge on any atom is 0.246 e. The Balaban J connectivity index is 2.00. The summed E-state index contributed by atoms with van der Waals surface area (Å²) in [6.07, 6.45) is 2.38. The van der Waals surface area contributed by atoms with Gasteiger partial charge in [0.1, 0.15) is 6.61 Å². The highest BCUT2D eigenvalue weighted by Gasteiger charge is 2.14. The molecular formula is C9H18N2O2. The van der Waals surface area contributed by atoms with Crippen molar-refractivity contribution in [3.05, 3.63) is 0 Å². The van der Waals surface area contributed by atoms with Crippen LogP contribution in [0.4, 0.5) is 0 Å². The standard InChI is InChI=1S/C9H18N2O2/c1-2-13-7-9(12)11-6-8-4-3-5-10-8/h8,10H,2-7H2,1H3,(H,11,12). The largest absolute Gasteiger partial charge is 0.372 e. The highest BCUT2D eigenvalue weighted by atomic mass is 16.5. The number of nitrogens with one attached hydrogen (secondary N) is 2. The van der Waals surface area contributed by atoms with E-state index in [9.17, 15) is 4.79 Å². The molecule has 0 aromatic rings. The maximum atomic E-state index is 11.1. The third-order valence-electron chi connectivity index (χ3n) is 2.15. The Labute approximate surface area is 79.0 Å². The van der Waals surface area contributed by atoms with E-state index in [2.05, 4.69) is 10.6 Å². The van der Waals surface area contributed by atoms with Crippen LogP contribution in [0.15, 0.2) is 0 Å². The lowest BCUT2D eigenvalue weighted by Gasteiger charge is -2.11. The molecule has 1 fully saturated rings. The summed E-state index contributed by atoms with van der Waals surface area (Å²) in [6, 6.07) is 0.463. The minimum Gasteiger partial charge on any atom is -0.372 e. The van der Waals surface area contributed by atoms with Gasteiger partial charge in [-0.05, 0) is 26.3 Å². The molecule has 0 aromatic heterocycles. The van der Waals surface area contributed by atoms with Gasteiger partial charge < -0.3 is 15.4 Å². The van der Waals surface area contributed by atoms with Crippen LogP contribution in [0.1, 0.15) is 19.8 Å². The number of amides is 1. The molecule has 0 spiro atoms. The molecule has 4 heteroatoms. The van der Waals surface area contributed by atoms with E-state index in [1.54, 1.807) is 0 Å². The summed E-state index contributed by atoms with van der Waals surface area (Å²) >= 11 is 0. The zero-order valence-electron chi connectivity index (χ0n) is 8.14. The van der Waals surface area contributed by atoms with E-state index < -0.39 is 0 Å². The van der Waals surface area contributed by atoms with Crippen molar-refractivity contribution in [2.75, 3.05) is 26.3 Å². The van der Waals surface area contributed by atoms with Gasteiger partial charge in [0.25, 0.3) is 0 Å². The van der Waals surface area contributed by atoms with E-state index in [0.29, 0.717) is 12.6 Å². The lowest BCUT2D eigenvalue weighted by molar-refractivity contribution is -0.125. The minimum atomic E-state index is -0.0180. The average Bonchev–Trinajstić information content (AvgIpc) is 2.64. The van der Waals surface area contributed by atoms with Gasteiger partial charge in [-0.15, -0.1) is 0 Å². The molecule has 0 aromatic carbocycles. The number of rotatable bonds is 5. The minimum absolute atomic E-state index is 0.0180. The summed E-state index contributed by atoms with van der Waals surface area (Å²) in [6.45, 7) is 4.46. The number of hydrogen-bond acceptors (Lipinski definition) is 3. The van der Waals surface area contributed by atoms with Gasteiger partial charge in [0.15, 0.2) is 0 Å². The molecule has 1 aliphatic rings. The molecule has 4 nitrogen and oxygen atoms in total. The zero-order valence-corrected chi connectivity index (χ0v) is 8.14. The van der Waals surface area contributed by atoms with E-state index in [-0.39, 0.29) is 12.5 Å². The summed E-state index contributed by atoms with van der Waals surface area (Å²) in [5, 5.41) is 6.15. The van der Waals surface area contributed by atoms with Gasteiger partial charge in [-0.25, -0.2) is 0 Å². The molecule has 76 valence electrons. The van der Waals surface area contributed by atoms with E-state index in [0.717, 1.165) is 19.5 Å². The van der Waals surface area contributed by atoms with Crippen molar-refractivity contribution < 1.29 is 9.53 Å². The summed E-state index contributed by atoms with van der Waals surface area (Å²) < 4.78 is 4.98. The second-order valence-corrected chi connectivity index (χ2v) is 3.23. The van der Waals surface area contributed by atoms with Gasteiger partial charge in [-0.3, -0.25) is 4.79 Å². The van der Waals surface area contributed by atoms with Crippen LogP contribution in [0.5, 0.6) is 0 Å². The van der Waals surface area contributed by atoms with Crippen molar-refractivity contribution in [2.45, 2.75) is 25.8 Å². The van der Waals surface area contributed by atoms with E-state index in [4.69, 9.17) is 4.74 Å². The Morgan fingerprint density at radius 1 is 1.69 bits per heavy atom. The molecule has 0 bridgehead atoms. The van der Waals surface area contributed by atoms with Gasteiger partial charge in [-0.2, -0.15) is 0 Å². The van der Waals surface area contributed by atoms with Crippen LogP contribution in [-0.4, -0.2) is 38.3 Å². The van der Waals surface area contributed by atoms with Gasteiger partial charge in [0, 0.05) is 19.2 Å². The smallest absolute Gasteiger partial charge is 0.246 e. The molecule has 2 N–H and O–H groups in total. The van der Waals surface area contributed by atoms with Gasteiger partial charge in [0.2, 0.25) is 5.91 Å². The lowest BCUT2D eigenvalue weighted by Crippen LogP contribution is -2.38. The van der Waals surface area contributed by atoms with Crippen LogP contribution in [0.2, 0.25) is 0 Å². The molecule has 1 unspecified atom stereocenters.